The lowest BCUT2D eigenvalue weighted by Crippen LogP contribution is -1.98. The molecule has 0 aromatic heterocycles. The van der Waals surface area contributed by atoms with E-state index in [0.29, 0.717) is 17.7 Å². The van der Waals surface area contributed by atoms with E-state index in [-0.39, 0.29) is 10.6 Å². The number of unbranched alkanes of at least 4 members (excludes halogenated alkanes) is 1. The Morgan fingerprint density at radius 1 is 1.17 bits per heavy atom. The van der Waals surface area contributed by atoms with Crippen LogP contribution in [0.4, 0.5) is 5.69 Å². The van der Waals surface area contributed by atoms with Crippen LogP contribution in [-0.2, 0) is 0 Å². The molecule has 94 valence electrons. The summed E-state index contributed by atoms with van der Waals surface area (Å²) in [6, 6.07) is 10.4. The molecular formula is C14H15NO3. The van der Waals surface area contributed by atoms with Crippen LogP contribution in [0.3, 0.4) is 0 Å². The number of hydrogen-bond acceptors (Lipinski definition) is 3. The van der Waals surface area contributed by atoms with Gasteiger partial charge in [-0.25, -0.2) is 0 Å². The number of nitrogens with zero attached hydrogens (tertiary/aromatic N) is 1. The minimum atomic E-state index is -0.363. The maximum atomic E-state index is 11.0. The molecule has 2 aromatic rings. The normalized spacial score (nSPS) is 10.5. The zero-order chi connectivity index (χ0) is 13.0. The number of rotatable bonds is 5. The number of benzene rings is 2. The van der Waals surface area contributed by atoms with Gasteiger partial charge in [0, 0.05) is 11.5 Å². The molecule has 0 saturated heterocycles. The largest absolute Gasteiger partial charge is 0.493 e. The summed E-state index contributed by atoms with van der Waals surface area (Å²) in [5.41, 5.74) is 0.119. The van der Waals surface area contributed by atoms with Crippen molar-refractivity contribution in [1.29, 1.82) is 0 Å². The molecule has 0 aliphatic carbocycles. The van der Waals surface area contributed by atoms with E-state index in [1.807, 2.05) is 12.1 Å². The van der Waals surface area contributed by atoms with Crippen molar-refractivity contribution < 1.29 is 9.66 Å². The highest BCUT2D eigenvalue weighted by atomic mass is 16.6. The van der Waals surface area contributed by atoms with Crippen LogP contribution in [0.2, 0.25) is 0 Å². The molecule has 0 amide bonds. The van der Waals surface area contributed by atoms with E-state index in [0.717, 1.165) is 18.2 Å². The van der Waals surface area contributed by atoms with E-state index in [1.165, 1.54) is 6.07 Å². The first-order chi connectivity index (χ1) is 8.74. The third-order valence-electron chi connectivity index (χ3n) is 2.81. The van der Waals surface area contributed by atoms with Gasteiger partial charge in [0.2, 0.25) is 0 Å². The number of fused-ring (bicyclic) bond motifs is 1. The van der Waals surface area contributed by atoms with Crippen LogP contribution in [0.5, 0.6) is 5.75 Å². The van der Waals surface area contributed by atoms with Gasteiger partial charge in [-0.2, -0.15) is 0 Å². The second-order valence-corrected chi connectivity index (χ2v) is 4.09. The van der Waals surface area contributed by atoms with Gasteiger partial charge in [-0.15, -0.1) is 0 Å². The predicted molar refractivity (Wildman–Crippen MR) is 71.0 cm³/mol. The zero-order valence-electron chi connectivity index (χ0n) is 10.3. The lowest BCUT2D eigenvalue weighted by molar-refractivity contribution is -0.383. The second-order valence-electron chi connectivity index (χ2n) is 4.09. The van der Waals surface area contributed by atoms with Gasteiger partial charge in [0.05, 0.1) is 16.9 Å². The molecule has 0 atom stereocenters. The Kier molecular flexibility index (Phi) is 3.77. The van der Waals surface area contributed by atoms with Gasteiger partial charge in [-0.05, 0) is 18.6 Å². The minimum Gasteiger partial charge on any atom is -0.493 e. The molecule has 0 bridgehead atoms. The first-order valence-electron chi connectivity index (χ1n) is 6.03. The molecular weight excluding hydrogens is 230 g/mol. The molecule has 2 rings (SSSR count). The summed E-state index contributed by atoms with van der Waals surface area (Å²) in [6.45, 7) is 2.73. The van der Waals surface area contributed by atoms with Crippen LogP contribution >= 0.6 is 0 Å². The number of ether oxygens (including phenoxy) is 1. The fourth-order valence-corrected chi connectivity index (χ4v) is 1.87. The minimum absolute atomic E-state index is 0.119. The maximum absolute atomic E-state index is 11.0. The maximum Gasteiger partial charge on any atom is 0.277 e. The fraction of sp³-hybridized carbons (Fsp3) is 0.286. The summed E-state index contributed by atoms with van der Waals surface area (Å²) in [5, 5.41) is 12.4. The average molecular weight is 245 g/mol. The number of nitro groups is 1. The van der Waals surface area contributed by atoms with E-state index in [4.69, 9.17) is 4.74 Å². The van der Waals surface area contributed by atoms with Crippen molar-refractivity contribution in [3.8, 4) is 5.75 Å². The Bertz CT molecular complexity index is 566. The van der Waals surface area contributed by atoms with Crippen molar-refractivity contribution in [1.82, 2.24) is 0 Å². The highest BCUT2D eigenvalue weighted by molar-refractivity contribution is 5.95. The van der Waals surface area contributed by atoms with E-state index >= 15 is 0 Å². The Balaban J connectivity index is 2.44. The Hall–Kier alpha value is -2.10. The third-order valence-corrected chi connectivity index (χ3v) is 2.81. The topological polar surface area (TPSA) is 52.4 Å². The number of hydrogen-bond donors (Lipinski definition) is 0. The van der Waals surface area contributed by atoms with Crippen molar-refractivity contribution in [3.63, 3.8) is 0 Å². The molecule has 0 radical (unpaired) electrons. The molecule has 18 heavy (non-hydrogen) atoms. The molecule has 4 heteroatoms. The van der Waals surface area contributed by atoms with Gasteiger partial charge in [-0.3, -0.25) is 10.1 Å². The van der Waals surface area contributed by atoms with Gasteiger partial charge >= 0.3 is 0 Å². The Labute approximate surface area is 105 Å². The van der Waals surface area contributed by atoms with Crippen LogP contribution in [0.1, 0.15) is 19.8 Å². The van der Waals surface area contributed by atoms with E-state index in [1.54, 1.807) is 18.2 Å². The Morgan fingerprint density at radius 3 is 2.56 bits per heavy atom. The van der Waals surface area contributed by atoms with Crippen molar-refractivity contribution in [2.24, 2.45) is 0 Å². The van der Waals surface area contributed by atoms with E-state index < -0.39 is 0 Å². The van der Waals surface area contributed by atoms with Crippen LogP contribution in [0.15, 0.2) is 36.4 Å². The molecule has 0 heterocycles. The summed E-state index contributed by atoms with van der Waals surface area (Å²) < 4.78 is 5.67. The summed E-state index contributed by atoms with van der Waals surface area (Å²) in [5.74, 6) is 0.713. The summed E-state index contributed by atoms with van der Waals surface area (Å²) in [7, 11) is 0. The van der Waals surface area contributed by atoms with Crippen LogP contribution in [-0.4, -0.2) is 11.5 Å². The lowest BCUT2D eigenvalue weighted by Gasteiger charge is -2.09. The Morgan fingerprint density at radius 2 is 1.89 bits per heavy atom. The molecule has 0 spiro atoms. The average Bonchev–Trinajstić information content (AvgIpc) is 2.38. The summed E-state index contributed by atoms with van der Waals surface area (Å²) in [6.07, 6.45) is 2.04. The molecule has 0 saturated carbocycles. The van der Waals surface area contributed by atoms with Gasteiger partial charge in [0.15, 0.2) is 0 Å². The van der Waals surface area contributed by atoms with Crippen LogP contribution < -0.4 is 4.74 Å². The molecule has 0 aliphatic rings. The molecule has 0 N–H and O–H groups in total. The van der Waals surface area contributed by atoms with Crippen molar-refractivity contribution >= 4 is 16.5 Å². The molecule has 4 nitrogen and oxygen atoms in total. The predicted octanol–water partition coefficient (Wildman–Crippen LogP) is 3.93. The third kappa shape index (κ3) is 2.42. The van der Waals surface area contributed by atoms with Crippen molar-refractivity contribution in [2.75, 3.05) is 6.61 Å². The number of nitro benzene ring substituents is 1. The smallest absolute Gasteiger partial charge is 0.277 e. The summed E-state index contributed by atoms with van der Waals surface area (Å²) >= 11 is 0. The van der Waals surface area contributed by atoms with Crippen molar-refractivity contribution in [2.45, 2.75) is 19.8 Å². The monoisotopic (exact) mass is 245 g/mol. The van der Waals surface area contributed by atoms with Gasteiger partial charge < -0.3 is 4.74 Å². The first-order valence-corrected chi connectivity index (χ1v) is 6.03. The SMILES string of the molecule is CCCCOc1ccc([N+](=O)[O-])c2ccccc12. The van der Waals surface area contributed by atoms with Crippen LogP contribution in [0.25, 0.3) is 10.8 Å². The lowest BCUT2D eigenvalue weighted by atomic mass is 10.1. The number of non-ortho nitro benzene ring substituents is 1. The molecule has 0 fully saturated rings. The van der Waals surface area contributed by atoms with Crippen molar-refractivity contribution in [3.05, 3.63) is 46.5 Å². The first kappa shape index (κ1) is 12.4. The highest BCUT2D eigenvalue weighted by Crippen LogP contribution is 2.32. The molecule has 0 aliphatic heterocycles. The quantitative estimate of drug-likeness (QED) is 0.455. The van der Waals surface area contributed by atoms with E-state index in [9.17, 15) is 10.1 Å². The molecule has 2 aromatic carbocycles. The highest BCUT2D eigenvalue weighted by Gasteiger charge is 2.14. The van der Waals surface area contributed by atoms with Gasteiger partial charge in [0.1, 0.15) is 5.75 Å². The van der Waals surface area contributed by atoms with Gasteiger partial charge in [-0.1, -0.05) is 31.5 Å². The molecule has 0 unspecified atom stereocenters. The van der Waals surface area contributed by atoms with Crippen LogP contribution in [0, 0.1) is 10.1 Å². The van der Waals surface area contributed by atoms with E-state index in [2.05, 4.69) is 6.92 Å². The fourth-order valence-electron chi connectivity index (χ4n) is 1.87. The summed E-state index contributed by atoms with van der Waals surface area (Å²) in [4.78, 5) is 10.6. The standard InChI is InChI=1S/C14H15NO3/c1-2-3-10-18-14-9-8-13(15(16)17)11-6-4-5-7-12(11)14/h4-9H,2-3,10H2,1H3. The second kappa shape index (κ2) is 5.49. The van der Waals surface area contributed by atoms with Gasteiger partial charge in [0.25, 0.3) is 5.69 Å². The zero-order valence-corrected chi connectivity index (χ0v) is 10.3.